The molecule has 0 aromatic rings. The Morgan fingerprint density at radius 3 is 1.86 bits per heavy atom. The SMILES string of the molecule is C=CC(/C=C/C(=O)O)=C(/C=C)C(=O)O. The number of rotatable bonds is 5. The molecular weight excluding hydrogens is 184 g/mol. The summed E-state index contributed by atoms with van der Waals surface area (Å²) in [5, 5.41) is 17.0. The van der Waals surface area contributed by atoms with Gasteiger partial charge in [0.1, 0.15) is 0 Å². The van der Waals surface area contributed by atoms with Crippen LogP contribution in [0.2, 0.25) is 0 Å². The molecule has 0 radical (unpaired) electrons. The Morgan fingerprint density at radius 1 is 1.00 bits per heavy atom. The Labute approximate surface area is 81.2 Å². The van der Waals surface area contributed by atoms with E-state index in [4.69, 9.17) is 10.2 Å². The van der Waals surface area contributed by atoms with Crippen LogP contribution in [0.3, 0.4) is 0 Å². The van der Waals surface area contributed by atoms with Gasteiger partial charge in [0.05, 0.1) is 5.57 Å². The highest BCUT2D eigenvalue weighted by molar-refractivity contribution is 5.92. The molecule has 0 unspecified atom stereocenters. The van der Waals surface area contributed by atoms with Crippen molar-refractivity contribution in [2.24, 2.45) is 0 Å². The molecule has 0 aliphatic heterocycles. The highest BCUT2D eigenvalue weighted by Gasteiger charge is 2.06. The molecule has 0 heterocycles. The maximum atomic E-state index is 10.6. The van der Waals surface area contributed by atoms with E-state index in [-0.39, 0.29) is 11.1 Å². The maximum absolute atomic E-state index is 10.6. The van der Waals surface area contributed by atoms with Crippen molar-refractivity contribution in [2.45, 2.75) is 0 Å². The summed E-state index contributed by atoms with van der Waals surface area (Å²) in [7, 11) is 0. The van der Waals surface area contributed by atoms with Crippen LogP contribution in [-0.4, -0.2) is 22.2 Å². The van der Waals surface area contributed by atoms with Crippen molar-refractivity contribution in [2.75, 3.05) is 0 Å². The van der Waals surface area contributed by atoms with Crippen molar-refractivity contribution in [3.63, 3.8) is 0 Å². The largest absolute Gasteiger partial charge is 0.478 e. The first-order valence-electron chi connectivity index (χ1n) is 3.66. The number of hydrogen-bond acceptors (Lipinski definition) is 2. The van der Waals surface area contributed by atoms with Gasteiger partial charge in [-0.15, -0.1) is 0 Å². The Kier molecular flexibility index (Phi) is 4.70. The van der Waals surface area contributed by atoms with Gasteiger partial charge in [0.25, 0.3) is 0 Å². The molecule has 74 valence electrons. The third kappa shape index (κ3) is 3.53. The summed E-state index contributed by atoms with van der Waals surface area (Å²) in [6.45, 7) is 6.69. The zero-order valence-electron chi connectivity index (χ0n) is 7.43. The van der Waals surface area contributed by atoms with E-state index >= 15 is 0 Å². The van der Waals surface area contributed by atoms with E-state index in [0.717, 1.165) is 18.2 Å². The van der Waals surface area contributed by atoms with Crippen molar-refractivity contribution < 1.29 is 19.8 Å². The Morgan fingerprint density at radius 2 is 1.57 bits per heavy atom. The zero-order chi connectivity index (χ0) is 11.1. The van der Waals surface area contributed by atoms with Crippen molar-refractivity contribution in [1.82, 2.24) is 0 Å². The number of hydrogen-bond donors (Lipinski definition) is 2. The molecule has 0 aliphatic carbocycles. The molecule has 2 N–H and O–H groups in total. The van der Waals surface area contributed by atoms with Crippen LogP contribution in [0.15, 0.2) is 48.6 Å². The van der Waals surface area contributed by atoms with Crippen LogP contribution in [0.1, 0.15) is 0 Å². The number of allylic oxidation sites excluding steroid dienone is 3. The van der Waals surface area contributed by atoms with Crippen molar-refractivity contribution in [1.29, 1.82) is 0 Å². The predicted octanol–water partition coefficient (Wildman–Crippen LogP) is 1.38. The fourth-order valence-electron chi connectivity index (χ4n) is 0.757. The Bertz CT molecular complexity index is 334. The third-order valence-corrected chi connectivity index (χ3v) is 1.37. The molecule has 0 bridgehead atoms. The van der Waals surface area contributed by atoms with Gasteiger partial charge in [0, 0.05) is 6.08 Å². The second kappa shape index (κ2) is 5.53. The number of carboxylic acid groups (broad SMARTS) is 2. The molecule has 0 saturated heterocycles. The number of carbonyl (C=O) groups is 2. The minimum atomic E-state index is -1.18. The molecule has 0 aromatic carbocycles. The summed E-state index contributed by atoms with van der Waals surface area (Å²) in [6, 6.07) is 0. The zero-order valence-corrected chi connectivity index (χ0v) is 7.43. The standard InChI is InChI=1S/C10H10O4/c1-3-7(5-6-9(11)12)8(4-2)10(13)14/h3-6H,1-2H2,(H,11,12)(H,13,14)/b6-5+,8-7+. The topological polar surface area (TPSA) is 74.6 Å². The lowest BCUT2D eigenvalue weighted by Crippen LogP contribution is -2.00. The summed E-state index contributed by atoms with van der Waals surface area (Å²) in [5.41, 5.74) is 0.118. The van der Waals surface area contributed by atoms with Crippen molar-refractivity contribution >= 4 is 11.9 Å². The van der Waals surface area contributed by atoms with E-state index in [0.29, 0.717) is 0 Å². The molecule has 0 aliphatic rings. The van der Waals surface area contributed by atoms with Crippen LogP contribution >= 0.6 is 0 Å². The van der Waals surface area contributed by atoms with Gasteiger partial charge >= 0.3 is 11.9 Å². The van der Waals surface area contributed by atoms with Gasteiger partial charge in [0.2, 0.25) is 0 Å². The normalized spacial score (nSPS) is 12.0. The monoisotopic (exact) mass is 194 g/mol. The highest BCUT2D eigenvalue weighted by atomic mass is 16.4. The van der Waals surface area contributed by atoms with Gasteiger partial charge < -0.3 is 10.2 Å². The maximum Gasteiger partial charge on any atom is 0.336 e. The van der Waals surface area contributed by atoms with Gasteiger partial charge in [-0.1, -0.05) is 25.3 Å². The van der Waals surface area contributed by atoms with Gasteiger partial charge in [-0.3, -0.25) is 0 Å². The second-order valence-electron chi connectivity index (χ2n) is 2.25. The average Bonchev–Trinajstić information content (AvgIpc) is 2.10. The van der Waals surface area contributed by atoms with Gasteiger partial charge in [-0.05, 0) is 11.6 Å². The summed E-state index contributed by atoms with van der Waals surface area (Å²) in [4.78, 5) is 20.8. The molecule has 0 rings (SSSR count). The van der Waals surface area contributed by atoms with Crippen LogP contribution in [0.4, 0.5) is 0 Å². The average molecular weight is 194 g/mol. The predicted molar refractivity (Wildman–Crippen MR) is 51.8 cm³/mol. The highest BCUT2D eigenvalue weighted by Crippen LogP contribution is 2.08. The molecule has 0 spiro atoms. The summed E-state index contributed by atoms with van der Waals surface area (Å²) < 4.78 is 0. The quantitative estimate of drug-likeness (QED) is 0.512. The minimum absolute atomic E-state index is 0.0856. The lowest BCUT2D eigenvalue weighted by atomic mass is 10.1. The van der Waals surface area contributed by atoms with E-state index in [1.165, 1.54) is 6.08 Å². The van der Waals surface area contributed by atoms with Crippen LogP contribution in [0, 0.1) is 0 Å². The summed E-state index contributed by atoms with van der Waals surface area (Å²) in [5.74, 6) is -2.33. The van der Waals surface area contributed by atoms with Crippen molar-refractivity contribution in [3.8, 4) is 0 Å². The molecular formula is C10H10O4. The summed E-state index contributed by atoms with van der Waals surface area (Å²) >= 11 is 0. The second-order valence-corrected chi connectivity index (χ2v) is 2.25. The summed E-state index contributed by atoms with van der Waals surface area (Å²) in [6.07, 6.45) is 4.38. The van der Waals surface area contributed by atoms with Crippen LogP contribution in [0.5, 0.6) is 0 Å². The van der Waals surface area contributed by atoms with E-state index in [2.05, 4.69) is 13.2 Å². The molecule has 0 amide bonds. The van der Waals surface area contributed by atoms with Gasteiger partial charge in [-0.2, -0.15) is 0 Å². The first kappa shape index (κ1) is 11.9. The Balaban J connectivity index is 5.19. The molecule has 14 heavy (non-hydrogen) atoms. The molecule has 4 heteroatoms. The van der Waals surface area contributed by atoms with E-state index in [1.807, 2.05) is 0 Å². The van der Waals surface area contributed by atoms with Gasteiger partial charge in [-0.25, -0.2) is 9.59 Å². The van der Waals surface area contributed by atoms with Crippen LogP contribution < -0.4 is 0 Å². The minimum Gasteiger partial charge on any atom is -0.478 e. The third-order valence-electron chi connectivity index (χ3n) is 1.37. The number of aliphatic carboxylic acids is 2. The first-order valence-corrected chi connectivity index (χ1v) is 3.66. The Hall–Kier alpha value is -2.10. The smallest absolute Gasteiger partial charge is 0.336 e. The number of carboxylic acids is 2. The fourth-order valence-corrected chi connectivity index (χ4v) is 0.757. The first-order chi connectivity index (χ1) is 6.52. The molecule has 0 atom stereocenters. The molecule has 0 fully saturated rings. The lowest BCUT2D eigenvalue weighted by molar-refractivity contribution is -0.133. The van der Waals surface area contributed by atoms with E-state index < -0.39 is 11.9 Å². The van der Waals surface area contributed by atoms with Crippen LogP contribution in [0.25, 0.3) is 0 Å². The van der Waals surface area contributed by atoms with E-state index in [1.54, 1.807) is 0 Å². The molecule has 0 saturated carbocycles. The lowest BCUT2D eigenvalue weighted by Gasteiger charge is -1.98. The van der Waals surface area contributed by atoms with Crippen molar-refractivity contribution in [3.05, 3.63) is 48.6 Å². The molecule has 4 nitrogen and oxygen atoms in total. The van der Waals surface area contributed by atoms with E-state index in [9.17, 15) is 9.59 Å². The molecule has 0 aromatic heterocycles. The van der Waals surface area contributed by atoms with Gasteiger partial charge in [0.15, 0.2) is 0 Å². The fraction of sp³-hybridized carbons (Fsp3) is 0. The van der Waals surface area contributed by atoms with Crippen LogP contribution in [-0.2, 0) is 9.59 Å².